The Morgan fingerprint density at radius 1 is 1.34 bits per heavy atom. The third kappa shape index (κ3) is 5.70. The molecule has 2 atom stereocenters. The molecule has 0 saturated carbocycles. The Balaban J connectivity index is 2.23. The number of carbonyl (C=O) groups is 2. The van der Waals surface area contributed by atoms with Gasteiger partial charge >= 0.3 is 12.1 Å². The van der Waals surface area contributed by atoms with Crippen molar-refractivity contribution in [2.75, 3.05) is 18.5 Å². The van der Waals surface area contributed by atoms with E-state index in [1.54, 1.807) is 34.6 Å². The molecule has 158 valence electrons. The molecule has 0 radical (unpaired) electrons. The van der Waals surface area contributed by atoms with Gasteiger partial charge < -0.3 is 14.8 Å². The molecule has 0 spiro atoms. The van der Waals surface area contributed by atoms with Crippen LogP contribution in [0.1, 0.15) is 51.7 Å². The van der Waals surface area contributed by atoms with Gasteiger partial charge in [0, 0.05) is 18.2 Å². The van der Waals surface area contributed by atoms with Gasteiger partial charge in [-0.3, -0.25) is 4.90 Å². The number of nitrogens with zero attached hydrogens (tertiary/aromatic N) is 4. The third-order valence-corrected chi connectivity index (χ3v) is 4.74. The van der Waals surface area contributed by atoms with Crippen LogP contribution in [0.25, 0.3) is 0 Å². The Labute approximate surface area is 175 Å². The van der Waals surface area contributed by atoms with E-state index >= 15 is 0 Å². The van der Waals surface area contributed by atoms with Crippen molar-refractivity contribution in [3.63, 3.8) is 0 Å². The summed E-state index contributed by atoms with van der Waals surface area (Å²) in [5.74, 6) is -0.172. The number of hydrogen-bond donors (Lipinski definition) is 1. The standard InChI is InChI=1S/C19H26ClN5O4/c1-6-28-17(26)14-8-7-12(10-25(14)18(27)29-19(3,4)5)22-16-13(9-21)11(2)15(20)23-24-16/h12,14H,6-8,10H2,1-5H3,(H,22,24)/t12-,14+/m1/s1. The molecule has 1 saturated heterocycles. The molecular formula is C19H26ClN5O4. The van der Waals surface area contributed by atoms with Crippen LogP contribution >= 0.6 is 11.6 Å². The van der Waals surface area contributed by atoms with E-state index in [2.05, 4.69) is 21.6 Å². The van der Waals surface area contributed by atoms with Crippen molar-refractivity contribution in [2.24, 2.45) is 0 Å². The fraction of sp³-hybridized carbons (Fsp3) is 0.632. The molecule has 10 heteroatoms. The molecule has 0 bridgehead atoms. The highest BCUT2D eigenvalue weighted by molar-refractivity contribution is 6.30. The molecule has 2 heterocycles. The zero-order chi connectivity index (χ0) is 21.8. The lowest BCUT2D eigenvalue weighted by Gasteiger charge is -2.39. The number of amides is 1. The van der Waals surface area contributed by atoms with Gasteiger partial charge in [0.15, 0.2) is 11.0 Å². The molecule has 9 nitrogen and oxygen atoms in total. The summed E-state index contributed by atoms with van der Waals surface area (Å²) in [5.41, 5.74) is 0.112. The van der Waals surface area contributed by atoms with Gasteiger partial charge in [-0.2, -0.15) is 5.26 Å². The Morgan fingerprint density at radius 2 is 2.03 bits per heavy atom. The van der Waals surface area contributed by atoms with E-state index in [0.717, 1.165) is 0 Å². The van der Waals surface area contributed by atoms with Gasteiger partial charge in [-0.05, 0) is 47.5 Å². The quantitative estimate of drug-likeness (QED) is 0.734. The predicted octanol–water partition coefficient (Wildman–Crippen LogP) is 3.05. The van der Waals surface area contributed by atoms with Gasteiger partial charge in [0.25, 0.3) is 0 Å². The molecule has 1 aliphatic heterocycles. The van der Waals surface area contributed by atoms with Crippen molar-refractivity contribution in [2.45, 2.75) is 65.1 Å². The van der Waals surface area contributed by atoms with Crippen LogP contribution in [-0.4, -0.2) is 58.0 Å². The van der Waals surface area contributed by atoms with Crippen molar-refractivity contribution < 1.29 is 19.1 Å². The lowest BCUT2D eigenvalue weighted by molar-refractivity contribution is -0.150. The van der Waals surface area contributed by atoms with Gasteiger partial charge in [-0.1, -0.05) is 11.6 Å². The first-order chi connectivity index (χ1) is 13.6. The van der Waals surface area contributed by atoms with E-state index in [4.69, 9.17) is 21.1 Å². The summed E-state index contributed by atoms with van der Waals surface area (Å²) in [4.78, 5) is 26.4. The number of rotatable bonds is 4. The van der Waals surface area contributed by atoms with Gasteiger partial charge in [-0.25, -0.2) is 9.59 Å². The van der Waals surface area contributed by atoms with Crippen LogP contribution in [-0.2, 0) is 14.3 Å². The fourth-order valence-corrected chi connectivity index (χ4v) is 3.16. The van der Waals surface area contributed by atoms with E-state index in [0.29, 0.717) is 24.0 Å². The largest absolute Gasteiger partial charge is 0.464 e. The molecule has 1 N–H and O–H groups in total. The molecule has 1 fully saturated rings. The van der Waals surface area contributed by atoms with Crippen molar-refractivity contribution in [1.29, 1.82) is 5.26 Å². The number of aromatic nitrogens is 2. The summed E-state index contributed by atoms with van der Waals surface area (Å²) in [5, 5.41) is 20.6. The summed E-state index contributed by atoms with van der Waals surface area (Å²) < 4.78 is 10.6. The second-order valence-electron chi connectivity index (χ2n) is 7.77. The van der Waals surface area contributed by atoms with Gasteiger partial charge in [0.05, 0.1) is 6.61 Å². The number of carbonyl (C=O) groups excluding carboxylic acids is 2. The third-order valence-electron chi connectivity index (χ3n) is 4.38. The number of anilines is 1. The lowest BCUT2D eigenvalue weighted by atomic mass is 9.98. The number of nitrogens with one attached hydrogen (secondary N) is 1. The molecular weight excluding hydrogens is 398 g/mol. The van der Waals surface area contributed by atoms with Crippen LogP contribution in [0.2, 0.25) is 5.15 Å². The zero-order valence-corrected chi connectivity index (χ0v) is 18.0. The maximum absolute atomic E-state index is 12.7. The van der Waals surface area contributed by atoms with Crippen LogP contribution in [0.15, 0.2) is 0 Å². The Hall–Kier alpha value is -2.60. The van der Waals surface area contributed by atoms with Gasteiger partial charge in [0.1, 0.15) is 23.3 Å². The molecule has 29 heavy (non-hydrogen) atoms. The monoisotopic (exact) mass is 423 g/mol. The first-order valence-electron chi connectivity index (χ1n) is 9.43. The molecule has 1 amide bonds. The van der Waals surface area contributed by atoms with Crippen LogP contribution < -0.4 is 5.32 Å². The van der Waals surface area contributed by atoms with Crippen LogP contribution in [0.4, 0.5) is 10.6 Å². The maximum Gasteiger partial charge on any atom is 0.411 e. The van der Waals surface area contributed by atoms with Crippen LogP contribution in [0, 0.1) is 18.3 Å². The highest BCUT2D eigenvalue weighted by Crippen LogP contribution is 2.26. The summed E-state index contributed by atoms with van der Waals surface area (Å²) in [6, 6.07) is 1.09. The number of ether oxygens (including phenoxy) is 2. The second-order valence-corrected chi connectivity index (χ2v) is 8.13. The topological polar surface area (TPSA) is 117 Å². The molecule has 0 unspecified atom stereocenters. The average Bonchev–Trinajstić information content (AvgIpc) is 2.64. The second kappa shape index (κ2) is 9.27. The number of esters is 1. The van der Waals surface area contributed by atoms with E-state index in [1.807, 2.05) is 0 Å². The number of hydrogen-bond acceptors (Lipinski definition) is 8. The first-order valence-corrected chi connectivity index (χ1v) is 9.80. The molecule has 1 aliphatic rings. The van der Waals surface area contributed by atoms with Crippen LogP contribution in [0.3, 0.4) is 0 Å². The Bertz CT molecular complexity index is 818. The number of halogens is 1. The lowest BCUT2D eigenvalue weighted by Crippen LogP contribution is -2.55. The minimum Gasteiger partial charge on any atom is -0.464 e. The smallest absolute Gasteiger partial charge is 0.411 e. The molecule has 0 aliphatic carbocycles. The van der Waals surface area contributed by atoms with E-state index < -0.39 is 23.7 Å². The fourth-order valence-electron chi connectivity index (χ4n) is 3.03. The number of likely N-dealkylation sites (tertiary alicyclic amines) is 1. The first kappa shape index (κ1) is 22.7. The SMILES string of the molecule is CCOC(=O)[C@@H]1CC[C@@H](Nc2nnc(Cl)c(C)c2C#N)CN1C(=O)OC(C)(C)C. The van der Waals surface area contributed by atoms with Crippen molar-refractivity contribution in [3.8, 4) is 6.07 Å². The average molecular weight is 424 g/mol. The minimum atomic E-state index is -0.726. The van der Waals surface area contributed by atoms with Crippen molar-refractivity contribution >= 4 is 29.5 Å². The number of nitriles is 1. The highest BCUT2D eigenvalue weighted by atomic mass is 35.5. The van der Waals surface area contributed by atoms with E-state index in [1.165, 1.54) is 4.90 Å². The molecule has 1 aromatic rings. The molecule has 1 aromatic heterocycles. The molecule has 0 aromatic carbocycles. The van der Waals surface area contributed by atoms with Crippen molar-refractivity contribution in [3.05, 3.63) is 16.3 Å². The Kier molecular flexibility index (Phi) is 7.25. The van der Waals surface area contributed by atoms with E-state index in [-0.39, 0.29) is 30.2 Å². The minimum absolute atomic E-state index is 0.161. The number of piperidine rings is 1. The van der Waals surface area contributed by atoms with Gasteiger partial charge in [0.2, 0.25) is 0 Å². The summed E-state index contributed by atoms with van der Waals surface area (Å²) in [6.45, 7) is 9.09. The van der Waals surface area contributed by atoms with Gasteiger partial charge in [-0.15, -0.1) is 10.2 Å². The normalized spacial score (nSPS) is 19.3. The molecule has 2 rings (SSSR count). The van der Waals surface area contributed by atoms with E-state index in [9.17, 15) is 14.9 Å². The van der Waals surface area contributed by atoms with Crippen molar-refractivity contribution in [1.82, 2.24) is 15.1 Å². The van der Waals surface area contributed by atoms with Crippen LogP contribution in [0.5, 0.6) is 0 Å². The summed E-state index contributed by atoms with van der Waals surface area (Å²) in [6.07, 6.45) is 0.357. The predicted molar refractivity (Wildman–Crippen MR) is 106 cm³/mol. The zero-order valence-electron chi connectivity index (χ0n) is 17.3. The summed E-state index contributed by atoms with van der Waals surface area (Å²) in [7, 11) is 0. The highest BCUT2D eigenvalue weighted by Gasteiger charge is 2.39. The maximum atomic E-state index is 12.7. The Morgan fingerprint density at radius 3 is 2.62 bits per heavy atom. The summed E-state index contributed by atoms with van der Waals surface area (Å²) >= 11 is 5.94.